The van der Waals surface area contributed by atoms with Crippen LogP contribution in [-0.2, 0) is 6.54 Å². The third kappa shape index (κ3) is 3.62. The molecule has 120 valence electrons. The summed E-state index contributed by atoms with van der Waals surface area (Å²) < 4.78 is 16.1. The summed E-state index contributed by atoms with van der Waals surface area (Å²) >= 11 is 0. The maximum atomic E-state index is 14.0. The van der Waals surface area contributed by atoms with Gasteiger partial charge in [0, 0.05) is 22.8 Å². The first-order valence-corrected chi connectivity index (χ1v) is 8.92. The van der Waals surface area contributed by atoms with Crippen LogP contribution in [0.15, 0.2) is 24.3 Å². The van der Waals surface area contributed by atoms with Crippen molar-refractivity contribution in [3.8, 4) is 0 Å². The fourth-order valence-electron chi connectivity index (χ4n) is 3.18. The molecule has 1 saturated heterocycles. The van der Waals surface area contributed by atoms with Gasteiger partial charge in [0.25, 0.3) is 0 Å². The van der Waals surface area contributed by atoms with E-state index in [1.165, 1.54) is 5.39 Å². The molecule has 0 spiro atoms. The third-order valence-corrected chi connectivity index (χ3v) is 4.62. The Morgan fingerprint density at radius 3 is 2.77 bits per heavy atom. The summed E-state index contributed by atoms with van der Waals surface area (Å²) in [6, 6.07) is 8.90. The molecule has 1 aromatic heterocycles. The number of hydrogen-bond donors (Lipinski definition) is 2. The monoisotopic (exact) mass is 339 g/mol. The summed E-state index contributed by atoms with van der Waals surface area (Å²) in [5.74, 6) is 0. The summed E-state index contributed by atoms with van der Waals surface area (Å²) in [5.41, 5.74) is 3.33. The predicted octanol–water partition coefficient (Wildman–Crippen LogP) is 3.49. The van der Waals surface area contributed by atoms with Gasteiger partial charge >= 0.3 is 0 Å². The van der Waals surface area contributed by atoms with Crippen LogP contribution in [0.4, 0.5) is 10.1 Å². The molecule has 2 atom stereocenters. The van der Waals surface area contributed by atoms with Crippen LogP contribution in [0.5, 0.6) is 0 Å². The fourth-order valence-corrected chi connectivity index (χ4v) is 3.55. The molecule has 1 aromatic carbocycles. The van der Waals surface area contributed by atoms with E-state index in [0.717, 1.165) is 42.8 Å². The molecule has 3 nitrogen and oxygen atoms in total. The van der Waals surface area contributed by atoms with E-state index in [2.05, 4.69) is 47.3 Å². The number of halogens is 1. The minimum Gasteiger partial charge on any atom is -0.382 e. The second kappa shape index (κ2) is 6.43. The van der Waals surface area contributed by atoms with Gasteiger partial charge in [-0.1, -0.05) is 24.5 Å². The zero-order chi connectivity index (χ0) is 15.7. The predicted molar refractivity (Wildman–Crippen MR) is 99.4 cm³/mol. The average molecular weight is 339 g/mol. The number of hydrogen-bond acceptors (Lipinski definition) is 2. The molecule has 0 radical (unpaired) electrons. The first kappa shape index (κ1) is 16.2. The molecular weight excluding hydrogens is 315 g/mol. The highest BCUT2D eigenvalue weighted by molar-refractivity contribution is 7.39. The molecule has 1 fully saturated rings. The Morgan fingerprint density at radius 2 is 2.09 bits per heavy atom. The van der Waals surface area contributed by atoms with Crippen molar-refractivity contribution in [2.75, 3.05) is 18.4 Å². The van der Waals surface area contributed by atoms with Crippen molar-refractivity contribution in [2.24, 2.45) is 0 Å². The summed E-state index contributed by atoms with van der Waals surface area (Å²) in [5, 5.41) is 6.85. The molecule has 0 amide bonds. The van der Waals surface area contributed by atoms with Gasteiger partial charge < -0.3 is 15.2 Å². The molecule has 3 rings (SSSR count). The second-order valence-corrected chi connectivity index (χ2v) is 8.79. The van der Waals surface area contributed by atoms with Gasteiger partial charge in [0.2, 0.25) is 0 Å². The van der Waals surface area contributed by atoms with Crippen LogP contribution < -0.4 is 10.6 Å². The van der Waals surface area contributed by atoms with Crippen molar-refractivity contribution in [2.45, 2.75) is 37.5 Å². The number of rotatable bonds is 4. The highest BCUT2D eigenvalue weighted by atomic mass is 31.1. The van der Waals surface area contributed by atoms with Crippen molar-refractivity contribution in [3.63, 3.8) is 0 Å². The minimum absolute atomic E-state index is 0.314. The Labute approximate surface area is 135 Å². The first-order valence-electron chi connectivity index (χ1n) is 7.77. The molecule has 2 aromatic rings. The Morgan fingerprint density at radius 1 is 1.36 bits per heavy atom. The van der Waals surface area contributed by atoms with Gasteiger partial charge in [-0.2, -0.15) is 0 Å². The van der Waals surface area contributed by atoms with Gasteiger partial charge in [-0.15, -0.1) is 0 Å². The van der Waals surface area contributed by atoms with Crippen LogP contribution in [0.3, 0.4) is 0 Å². The second-order valence-electron chi connectivity index (χ2n) is 6.21. The molecule has 0 saturated carbocycles. The molecule has 0 aliphatic carbocycles. The molecular formula is C16H24FN3P2. The van der Waals surface area contributed by atoms with E-state index < -0.39 is 5.15 Å². The summed E-state index contributed by atoms with van der Waals surface area (Å²) in [6.07, 6.45) is 2.28. The average Bonchev–Trinajstić information content (AvgIpc) is 2.76. The molecule has 1 aliphatic rings. The maximum absolute atomic E-state index is 14.0. The van der Waals surface area contributed by atoms with Gasteiger partial charge in [-0.25, -0.2) is 4.39 Å². The smallest absolute Gasteiger partial charge is 0.153 e. The molecule has 22 heavy (non-hydrogen) atoms. The van der Waals surface area contributed by atoms with E-state index in [1.807, 2.05) is 17.6 Å². The van der Waals surface area contributed by atoms with Crippen LogP contribution in [0.25, 0.3) is 10.9 Å². The van der Waals surface area contributed by atoms with E-state index in [-0.39, 0.29) is 0 Å². The van der Waals surface area contributed by atoms with E-state index in [0.29, 0.717) is 12.6 Å². The Balaban J connectivity index is 1.93. The maximum Gasteiger partial charge on any atom is 0.153 e. The van der Waals surface area contributed by atoms with Gasteiger partial charge in [-0.3, -0.25) is 0 Å². The number of benzene rings is 1. The molecule has 0 bridgehead atoms. The largest absolute Gasteiger partial charge is 0.382 e. The standard InChI is InChI=1S/C16H24FN3P2/c1-11-9-13-14(19-12-5-7-18-8-6-12)3-2-4-15(13)20(11)10-16(17,21)22/h2-4,9,12,18-19H,5-8,10,21-22H2,1H3. The Bertz CT molecular complexity index is 657. The number of aryl methyl sites for hydroxylation is 1. The van der Waals surface area contributed by atoms with E-state index in [1.54, 1.807) is 0 Å². The Kier molecular flexibility index (Phi) is 4.73. The van der Waals surface area contributed by atoms with Crippen molar-refractivity contribution in [1.82, 2.24) is 9.88 Å². The summed E-state index contributed by atoms with van der Waals surface area (Å²) in [7, 11) is 4.50. The number of nitrogens with zero attached hydrogens (tertiary/aromatic N) is 1. The molecule has 6 heteroatoms. The normalized spacial score (nSPS) is 17.1. The number of anilines is 1. The van der Waals surface area contributed by atoms with Crippen LogP contribution in [0, 0.1) is 6.92 Å². The van der Waals surface area contributed by atoms with Crippen molar-refractivity contribution in [1.29, 1.82) is 0 Å². The van der Waals surface area contributed by atoms with Crippen LogP contribution >= 0.6 is 18.5 Å². The zero-order valence-electron chi connectivity index (χ0n) is 12.9. The van der Waals surface area contributed by atoms with E-state index in [9.17, 15) is 4.39 Å². The lowest BCUT2D eigenvalue weighted by molar-refractivity contribution is 0.366. The quantitative estimate of drug-likeness (QED) is 0.835. The highest BCUT2D eigenvalue weighted by Crippen LogP contribution is 2.34. The lowest BCUT2D eigenvalue weighted by Gasteiger charge is -2.25. The van der Waals surface area contributed by atoms with Crippen LogP contribution in [0.2, 0.25) is 0 Å². The van der Waals surface area contributed by atoms with E-state index >= 15 is 0 Å². The SMILES string of the molecule is Cc1cc2c(NC3CCNCC3)cccc2n1CC(F)(P)P. The Hall–Kier alpha value is -0.690. The van der Waals surface area contributed by atoms with Crippen molar-refractivity contribution >= 4 is 35.1 Å². The van der Waals surface area contributed by atoms with Crippen LogP contribution in [-0.4, -0.2) is 28.8 Å². The fraction of sp³-hybridized carbons (Fsp3) is 0.500. The summed E-state index contributed by atoms with van der Waals surface area (Å²) in [4.78, 5) is 0. The van der Waals surface area contributed by atoms with Crippen molar-refractivity contribution in [3.05, 3.63) is 30.0 Å². The van der Waals surface area contributed by atoms with Gasteiger partial charge in [0.05, 0.1) is 12.1 Å². The summed E-state index contributed by atoms with van der Waals surface area (Å²) in [6.45, 7) is 4.49. The number of alkyl halides is 1. The number of piperidine rings is 1. The first-order chi connectivity index (χ1) is 10.4. The molecule has 2 unspecified atom stereocenters. The lowest BCUT2D eigenvalue weighted by atomic mass is 10.1. The third-order valence-electron chi connectivity index (χ3n) is 4.25. The minimum atomic E-state index is -1.38. The van der Waals surface area contributed by atoms with Crippen molar-refractivity contribution < 1.29 is 4.39 Å². The highest BCUT2D eigenvalue weighted by Gasteiger charge is 2.20. The van der Waals surface area contributed by atoms with Gasteiger partial charge in [-0.05, 0) is 51.1 Å². The topological polar surface area (TPSA) is 29.0 Å². The number of aromatic nitrogens is 1. The number of nitrogens with one attached hydrogen (secondary N) is 2. The molecule has 2 heterocycles. The molecule has 1 aliphatic heterocycles. The van der Waals surface area contributed by atoms with Gasteiger partial charge in [0.15, 0.2) is 5.15 Å². The van der Waals surface area contributed by atoms with E-state index in [4.69, 9.17) is 0 Å². The number of fused-ring (bicyclic) bond motifs is 1. The van der Waals surface area contributed by atoms with Crippen LogP contribution in [0.1, 0.15) is 18.5 Å². The molecule has 2 N–H and O–H groups in total. The lowest BCUT2D eigenvalue weighted by Crippen LogP contribution is -2.35. The zero-order valence-corrected chi connectivity index (χ0v) is 15.2. The van der Waals surface area contributed by atoms with Gasteiger partial charge in [0.1, 0.15) is 0 Å².